The Morgan fingerprint density at radius 2 is 1.81 bits per heavy atom. The van der Waals surface area contributed by atoms with Gasteiger partial charge in [-0.05, 0) is 37.1 Å². The molecule has 138 valence electrons. The number of carbonyl (C=O) groups excluding carboxylic acids is 1. The van der Waals surface area contributed by atoms with Crippen LogP contribution in [0.2, 0.25) is 0 Å². The molecule has 1 unspecified atom stereocenters. The van der Waals surface area contributed by atoms with Crippen LogP contribution in [0.25, 0.3) is 0 Å². The van der Waals surface area contributed by atoms with Crippen LogP contribution in [0.15, 0.2) is 53.4 Å². The fourth-order valence-corrected chi connectivity index (χ4v) is 4.69. The highest BCUT2D eigenvalue weighted by molar-refractivity contribution is 7.92. The summed E-state index contributed by atoms with van der Waals surface area (Å²) in [5, 5.41) is 1.19. The van der Waals surface area contributed by atoms with Crippen molar-refractivity contribution >= 4 is 21.6 Å². The van der Waals surface area contributed by atoms with E-state index >= 15 is 0 Å². The van der Waals surface area contributed by atoms with Gasteiger partial charge < -0.3 is 0 Å². The van der Waals surface area contributed by atoms with Crippen molar-refractivity contribution in [2.24, 2.45) is 0 Å². The molecular formula is C19H22N2O4S. The van der Waals surface area contributed by atoms with Gasteiger partial charge in [-0.15, -0.1) is 0 Å². The SMILES string of the molecule is CON(C)C(=O)C1CCN(S(=O)(=O)c2ccc(C)cc2)c2ccccc21. The summed E-state index contributed by atoms with van der Waals surface area (Å²) in [6.07, 6.45) is 0.397. The van der Waals surface area contributed by atoms with Crippen LogP contribution in [0, 0.1) is 6.92 Å². The average Bonchev–Trinajstić information content (AvgIpc) is 2.66. The van der Waals surface area contributed by atoms with Crippen LogP contribution in [0.5, 0.6) is 0 Å². The number of likely N-dealkylation sites (N-methyl/N-ethyl adjacent to an activating group) is 1. The molecule has 0 bridgehead atoms. The van der Waals surface area contributed by atoms with Crippen LogP contribution >= 0.6 is 0 Å². The minimum atomic E-state index is -3.69. The highest BCUT2D eigenvalue weighted by Gasteiger charge is 2.36. The molecule has 2 aromatic carbocycles. The van der Waals surface area contributed by atoms with E-state index in [0.717, 1.165) is 5.56 Å². The summed E-state index contributed by atoms with van der Waals surface area (Å²) in [5.74, 6) is -0.618. The van der Waals surface area contributed by atoms with Gasteiger partial charge in [0.25, 0.3) is 15.9 Å². The third kappa shape index (κ3) is 3.20. The first-order valence-electron chi connectivity index (χ1n) is 8.36. The summed E-state index contributed by atoms with van der Waals surface area (Å²) in [4.78, 5) is 17.8. The molecule has 3 rings (SSSR count). The van der Waals surface area contributed by atoms with Gasteiger partial charge >= 0.3 is 0 Å². The smallest absolute Gasteiger partial charge is 0.264 e. The molecule has 1 atom stereocenters. The predicted octanol–water partition coefficient (Wildman–Crippen LogP) is 2.70. The Morgan fingerprint density at radius 3 is 2.46 bits per heavy atom. The maximum atomic E-state index is 13.1. The number of anilines is 1. The maximum Gasteiger partial charge on any atom is 0.264 e. The molecule has 26 heavy (non-hydrogen) atoms. The highest BCUT2D eigenvalue weighted by atomic mass is 32.2. The second-order valence-corrected chi connectivity index (χ2v) is 8.17. The molecule has 7 heteroatoms. The molecule has 0 fully saturated rings. The van der Waals surface area contributed by atoms with Crippen LogP contribution in [0.3, 0.4) is 0 Å². The van der Waals surface area contributed by atoms with Crippen LogP contribution < -0.4 is 4.31 Å². The second kappa shape index (κ2) is 7.09. The first kappa shape index (κ1) is 18.4. The average molecular weight is 374 g/mol. The third-order valence-corrected chi connectivity index (χ3v) is 6.52. The van der Waals surface area contributed by atoms with Crippen molar-refractivity contribution in [3.8, 4) is 0 Å². The zero-order valence-electron chi connectivity index (χ0n) is 15.0. The van der Waals surface area contributed by atoms with Gasteiger partial charge in [0.15, 0.2) is 0 Å². The number of rotatable bonds is 4. The summed E-state index contributed by atoms with van der Waals surface area (Å²) in [7, 11) is -0.703. The minimum Gasteiger partial charge on any atom is -0.275 e. The van der Waals surface area contributed by atoms with Gasteiger partial charge in [-0.25, -0.2) is 13.5 Å². The van der Waals surface area contributed by atoms with E-state index in [1.165, 1.54) is 16.5 Å². The molecule has 0 saturated heterocycles. The Balaban J connectivity index is 2.03. The molecule has 1 aliphatic rings. The molecule has 6 nitrogen and oxygen atoms in total. The van der Waals surface area contributed by atoms with Gasteiger partial charge in [0.1, 0.15) is 0 Å². The molecule has 0 aromatic heterocycles. The Hall–Kier alpha value is -2.38. The van der Waals surface area contributed by atoms with Gasteiger partial charge in [0, 0.05) is 13.6 Å². The van der Waals surface area contributed by atoms with Crippen LogP contribution in [-0.4, -0.2) is 40.1 Å². The third-order valence-electron chi connectivity index (χ3n) is 4.69. The number of carbonyl (C=O) groups is 1. The Morgan fingerprint density at radius 1 is 1.15 bits per heavy atom. The molecule has 2 aromatic rings. The van der Waals surface area contributed by atoms with E-state index in [9.17, 15) is 13.2 Å². The Labute approximate surface area is 154 Å². The zero-order chi connectivity index (χ0) is 18.9. The number of aryl methyl sites for hydroxylation is 1. The molecule has 0 aliphatic carbocycles. The lowest BCUT2D eigenvalue weighted by Gasteiger charge is -2.35. The molecular weight excluding hydrogens is 352 g/mol. The number of fused-ring (bicyclic) bond motifs is 1. The van der Waals surface area contributed by atoms with E-state index in [1.807, 2.05) is 13.0 Å². The Bertz CT molecular complexity index is 909. The van der Waals surface area contributed by atoms with E-state index in [2.05, 4.69) is 0 Å². The summed E-state index contributed by atoms with van der Waals surface area (Å²) in [6, 6.07) is 13.9. The monoisotopic (exact) mass is 374 g/mol. The minimum absolute atomic E-state index is 0.188. The van der Waals surface area contributed by atoms with Crippen molar-refractivity contribution in [2.45, 2.75) is 24.2 Å². The van der Waals surface area contributed by atoms with E-state index in [-0.39, 0.29) is 17.3 Å². The number of nitrogens with zero attached hydrogens (tertiary/aromatic N) is 2. The van der Waals surface area contributed by atoms with Crippen molar-refractivity contribution in [1.29, 1.82) is 0 Å². The maximum absolute atomic E-state index is 13.1. The lowest BCUT2D eigenvalue weighted by Crippen LogP contribution is -2.40. The molecule has 0 N–H and O–H groups in total. The molecule has 1 heterocycles. The fraction of sp³-hybridized carbons (Fsp3) is 0.316. The normalized spacial score (nSPS) is 16.9. The van der Waals surface area contributed by atoms with E-state index in [4.69, 9.17) is 4.84 Å². The number of hydrogen-bond donors (Lipinski definition) is 0. The molecule has 0 radical (unpaired) electrons. The molecule has 0 saturated carbocycles. The van der Waals surface area contributed by atoms with Gasteiger partial charge in [-0.3, -0.25) is 13.9 Å². The lowest BCUT2D eigenvalue weighted by molar-refractivity contribution is -0.170. The predicted molar refractivity (Wildman–Crippen MR) is 99.3 cm³/mol. The van der Waals surface area contributed by atoms with Crippen LogP contribution in [0.1, 0.15) is 23.5 Å². The molecule has 1 amide bonds. The lowest BCUT2D eigenvalue weighted by atomic mass is 9.90. The van der Waals surface area contributed by atoms with Gasteiger partial charge in [0.2, 0.25) is 0 Å². The molecule has 1 aliphatic heterocycles. The topological polar surface area (TPSA) is 66.9 Å². The first-order chi connectivity index (χ1) is 12.4. The zero-order valence-corrected chi connectivity index (χ0v) is 15.9. The Kier molecular flexibility index (Phi) is 5.02. The number of hydroxylamine groups is 2. The summed E-state index contributed by atoms with van der Waals surface area (Å²) >= 11 is 0. The number of amides is 1. The van der Waals surface area contributed by atoms with E-state index in [1.54, 1.807) is 49.5 Å². The summed E-state index contributed by atoms with van der Waals surface area (Å²) < 4.78 is 27.7. The summed E-state index contributed by atoms with van der Waals surface area (Å²) in [6.45, 7) is 2.15. The van der Waals surface area contributed by atoms with Crippen molar-refractivity contribution in [3.05, 3.63) is 59.7 Å². The number of benzene rings is 2. The van der Waals surface area contributed by atoms with Crippen molar-refractivity contribution in [2.75, 3.05) is 25.0 Å². The van der Waals surface area contributed by atoms with Crippen LogP contribution in [-0.2, 0) is 19.7 Å². The van der Waals surface area contributed by atoms with Gasteiger partial charge in [-0.2, -0.15) is 0 Å². The standard InChI is InChI=1S/C19H22N2O4S/c1-14-8-10-15(11-9-14)26(23,24)21-13-12-17(19(22)20(2)25-3)16-6-4-5-7-18(16)21/h4-11,17H,12-13H2,1-3H3. The largest absolute Gasteiger partial charge is 0.275 e. The van der Waals surface area contributed by atoms with Gasteiger partial charge in [0.05, 0.1) is 23.6 Å². The number of sulfonamides is 1. The van der Waals surface area contributed by atoms with Crippen molar-refractivity contribution in [3.63, 3.8) is 0 Å². The number of hydrogen-bond acceptors (Lipinski definition) is 4. The molecule has 0 spiro atoms. The quantitative estimate of drug-likeness (QED) is 0.772. The van der Waals surface area contributed by atoms with Crippen molar-refractivity contribution < 1.29 is 18.0 Å². The van der Waals surface area contributed by atoms with E-state index < -0.39 is 15.9 Å². The first-order valence-corrected chi connectivity index (χ1v) is 9.80. The highest BCUT2D eigenvalue weighted by Crippen LogP contribution is 2.39. The van der Waals surface area contributed by atoms with Crippen molar-refractivity contribution in [1.82, 2.24) is 5.06 Å². The fourth-order valence-electron chi connectivity index (χ4n) is 3.18. The van der Waals surface area contributed by atoms with Crippen LogP contribution in [0.4, 0.5) is 5.69 Å². The van der Waals surface area contributed by atoms with Gasteiger partial charge in [-0.1, -0.05) is 35.9 Å². The van der Waals surface area contributed by atoms with E-state index in [0.29, 0.717) is 17.7 Å². The second-order valence-electron chi connectivity index (χ2n) is 6.31. The summed E-state index contributed by atoms with van der Waals surface area (Å²) in [5.41, 5.74) is 2.24. The number of para-hydroxylation sites is 1.